The smallest absolute Gasteiger partial charge is 0.270 e. The van der Waals surface area contributed by atoms with Gasteiger partial charge in [-0.25, -0.2) is 0 Å². The summed E-state index contributed by atoms with van der Waals surface area (Å²) in [4.78, 5) is 25.7. The van der Waals surface area contributed by atoms with Gasteiger partial charge in [0.05, 0.1) is 22.1 Å². The van der Waals surface area contributed by atoms with Crippen molar-refractivity contribution in [3.05, 3.63) is 97.3 Å². The Morgan fingerprint density at radius 1 is 1.09 bits per heavy atom. The molecule has 1 fully saturated rings. The number of non-ortho nitro benzene ring substituents is 1. The summed E-state index contributed by atoms with van der Waals surface area (Å²) >= 11 is 10.2. The fourth-order valence-electron chi connectivity index (χ4n) is 3.37. The lowest BCUT2D eigenvalue weighted by Gasteiger charge is -2.15. The molecule has 1 heterocycles. The second-order valence-electron chi connectivity index (χ2n) is 7.32. The lowest BCUT2D eigenvalue weighted by molar-refractivity contribution is -0.384. The Balaban J connectivity index is 1.59. The number of ether oxygens (including phenoxy) is 2. The maximum atomic E-state index is 13.1. The van der Waals surface area contributed by atoms with Crippen LogP contribution in [0.2, 0.25) is 0 Å². The van der Waals surface area contributed by atoms with Gasteiger partial charge >= 0.3 is 0 Å². The molecular formula is C25H19BrN2O5S2. The average molecular weight is 571 g/mol. The molecule has 1 aliphatic heterocycles. The predicted molar refractivity (Wildman–Crippen MR) is 145 cm³/mol. The number of carbonyl (C=O) groups excluding carboxylic acids is 1. The van der Waals surface area contributed by atoms with Gasteiger partial charge in [-0.3, -0.25) is 19.8 Å². The van der Waals surface area contributed by atoms with E-state index in [2.05, 4.69) is 15.9 Å². The van der Waals surface area contributed by atoms with Gasteiger partial charge in [0.2, 0.25) is 0 Å². The van der Waals surface area contributed by atoms with Gasteiger partial charge in [0.25, 0.3) is 11.6 Å². The molecular weight excluding hydrogens is 552 g/mol. The Morgan fingerprint density at radius 2 is 1.83 bits per heavy atom. The molecule has 10 heteroatoms. The van der Waals surface area contributed by atoms with Crippen molar-refractivity contribution in [2.75, 3.05) is 11.5 Å². The molecule has 0 aromatic heterocycles. The van der Waals surface area contributed by atoms with E-state index in [1.165, 1.54) is 28.8 Å². The summed E-state index contributed by atoms with van der Waals surface area (Å²) in [5, 5.41) is 11.0. The zero-order valence-corrected chi connectivity index (χ0v) is 21.7. The van der Waals surface area contributed by atoms with Gasteiger partial charge in [-0.05, 0) is 48.4 Å². The summed E-state index contributed by atoms with van der Waals surface area (Å²) in [6, 6.07) is 19.1. The Hall–Kier alpha value is -3.21. The van der Waals surface area contributed by atoms with Crippen LogP contribution in [0.15, 0.2) is 76.1 Å². The number of hydrogen-bond donors (Lipinski definition) is 0. The van der Waals surface area contributed by atoms with Gasteiger partial charge in [-0.1, -0.05) is 70.2 Å². The van der Waals surface area contributed by atoms with Crippen LogP contribution in [0.4, 0.5) is 11.4 Å². The van der Waals surface area contributed by atoms with E-state index in [0.29, 0.717) is 37.4 Å². The molecule has 0 unspecified atom stereocenters. The standard InChI is InChI=1S/C25H19BrN2O5S2/c1-2-32-21-12-17(13-23-24(29)27(25(34)35-23)18-8-4-3-5-9-18)20(26)14-22(21)33-15-16-7-6-10-19(11-16)28(30)31/h3-14H,2,15H2,1H3/b23-13+. The third-order valence-electron chi connectivity index (χ3n) is 4.97. The van der Waals surface area contributed by atoms with Crippen LogP contribution in [-0.4, -0.2) is 21.8 Å². The fraction of sp³-hybridized carbons (Fsp3) is 0.120. The molecule has 0 N–H and O–H groups in total. The van der Waals surface area contributed by atoms with Crippen molar-refractivity contribution >= 4 is 67.6 Å². The minimum Gasteiger partial charge on any atom is -0.490 e. The zero-order chi connectivity index (χ0) is 24.9. The van der Waals surface area contributed by atoms with E-state index in [0.717, 1.165) is 11.3 Å². The summed E-state index contributed by atoms with van der Waals surface area (Å²) in [5.41, 5.74) is 2.11. The molecule has 3 aromatic rings. The molecule has 0 spiro atoms. The number of nitro benzene ring substituents is 1. The van der Waals surface area contributed by atoms with E-state index in [1.54, 1.807) is 30.3 Å². The van der Waals surface area contributed by atoms with Crippen LogP contribution in [0.5, 0.6) is 11.5 Å². The number of nitro groups is 1. The van der Waals surface area contributed by atoms with Gasteiger partial charge in [-0.15, -0.1) is 0 Å². The third-order valence-corrected chi connectivity index (χ3v) is 6.96. The van der Waals surface area contributed by atoms with Crippen molar-refractivity contribution in [2.24, 2.45) is 0 Å². The minimum absolute atomic E-state index is 0.000441. The number of thioether (sulfide) groups is 1. The number of amides is 1. The molecule has 0 aliphatic carbocycles. The van der Waals surface area contributed by atoms with Gasteiger partial charge in [0.15, 0.2) is 15.8 Å². The predicted octanol–water partition coefficient (Wildman–Crippen LogP) is 6.74. The monoisotopic (exact) mass is 570 g/mol. The highest BCUT2D eigenvalue weighted by Gasteiger charge is 2.33. The molecule has 0 bridgehead atoms. The number of nitrogens with zero attached hydrogens (tertiary/aromatic N) is 2. The maximum Gasteiger partial charge on any atom is 0.270 e. The summed E-state index contributed by atoms with van der Waals surface area (Å²) in [5.74, 6) is 0.771. The van der Waals surface area contributed by atoms with Crippen LogP contribution in [0.1, 0.15) is 18.1 Å². The quantitative estimate of drug-likeness (QED) is 0.128. The van der Waals surface area contributed by atoms with Gasteiger partial charge in [-0.2, -0.15) is 0 Å². The normalized spacial score (nSPS) is 14.5. The van der Waals surface area contributed by atoms with Crippen molar-refractivity contribution < 1.29 is 19.2 Å². The number of carbonyl (C=O) groups is 1. The molecule has 0 saturated carbocycles. The van der Waals surface area contributed by atoms with Crippen molar-refractivity contribution in [1.29, 1.82) is 0 Å². The van der Waals surface area contributed by atoms with Crippen molar-refractivity contribution in [2.45, 2.75) is 13.5 Å². The lowest BCUT2D eigenvalue weighted by Crippen LogP contribution is -2.27. The molecule has 178 valence electrons. The van der Waals surface area contributed by atoms with Crippen molar-refractivity contribution in [1.82, 2.24) is 0 Å². The molecule has 1 amide bonds. The number of hydrogen-bond acceptors (Lipinski definition) is 7. The first-order chi connectivity index (χ1) is 16.9. The molecule has 0 radical (unpaired) electrons. The first-order valence-corrected chi connectivity index (χ1v) is 12.5. The van der Waals surface area contributed by atoms with E-state index in [1.807, 2.05) is 37.3 Å². The topological polar surface area (TPSA) is 81.9 Å². The van der Waals surface area contributed by atoms with Gasteiger partial charge in [0, 0.05) is 16.6 Å². The zero-order valence-electron chi connectivity index (χ0n) is 18.5. The summed E-state index contributed by atoms with van der Waals surface area (Å²) in [7, 11) is 0. The fourth-order valence-corrected chi connectivity index (χ4v) is 5.10. The molecule has 1 saturated heterocycles. The van der Waals surface area contributed by atoms with Gasteiger partial charge < -0.3 is 9.47 Å². The molecule has 35 heavy (non-hydrogen) atoms. The van der Waals surface area contributed by atoms with E-state index in [9.17, 15) is 14.9 Å². The van der Waals surface area contributed by atoms with Gasteiger partial charge in [0.1, 0.15) is 6.61 Å². The van der Waals surface area contributed by atoms with Crippen LogP contribution in [0.25, 0.3) is 6.08 Å². The minimum atomic E-state index is -0.444. The van der Waals surface area contributed by atoms with Crippen molar-refractivity contribution in [3.8, 4) is 11.5 Å². The second kappa shape index (κ2) is 11.0. The summed E-state index contributed by atoms with van der Waals surface area (Å²) in [6.07, 6.45) is 1.76. The molecule has 4 rings (SSSR count). The average Bonchev–Trinajstić information content (AvgIpc) is 3.13. The summed E-state index contributed by atoms with van der Waals surface area (Å²) in [6.45, 7) is 2.39. The number of benzene rings is 3. The number of anilines is 1. The molecule has 1 aliphatic rings. The van der Waals surface area contributed by atoms with E-state index < -0.39 is 4.92 Å². The Morgan fingerprint density at radius 3 is 2.54 bits per heavy atom. The molecule has 3 aromatic carbocycles. The number of rotatable bonds is 8. The number of thiocarbonyl (C=S) groups is 1. The third kappa shape index (κ3) is 5.72. The second-order valence-corrected chi connectivity index (χ2v) is 9.85. The number of para-hydroxylation sites is 1. The Kier molecular flexibility index (Phi) is 7.84. The van der Waals surface area contributed by atoms with Crippen LogP contribution in [0.3, 0.4) is 0 Å². The van der Waals surface area contributed by atoms with Crippen LogP contribution in [-0.2, 0) is 11.4 Å². The highest BCUT2D eigenvalue weighted by Crippen LogP contribution is 2.40. The maximum absolute atomic E-state index is 13.1. The van der Waals surface area contributed by atoms with Crippen LogP contribution >= 0.6 is 39.9 Å². The van der Waals surface area contributed by atoms with Crippen molar-refractivity contribution in [3.63, 3.8) is 0 Å². The largest absolute Gasteiger partial charge is 0.490 e. The van der Waals surface area contributed by atoms with E-state index >= 15 is 0 Å². The lowest BCUT2D eigenvalue weighted by atomic mass is 10.1. The highest BCUT2D eigenvalue weighted by molar-refractivity contribution is 9.10. The molecule has 7 nitrogen and oxygen atoms in total. The number of halogens is 1. The summed E-state index contributed by atoms with van der Waals surface area (Å²) < 4.78 is 12.9. The van der Waals surface area contributed by atoms with E-state index in [4.69, 9.17) is 21.7 Å². The highest BCUT2D eigenvalue weighted by atomic mass is 79.9. The Labute approximate surface area is 220 Å². The Bertz CT molecular complexity index is 1330. The first-order valence-electron chi connectivity index (χ1n) is 10.5. The van der Waals surface area contributed by atoms with Crippen LogP contribution in [0, 0.1) is 10.1 Å². The first kappa shape index (κ1) is 24.9. The van der Waals surface area contributed by atoms with Crippen LogP contribution < -0.4 is 14.4 Å². The SMILES string of the molecule is CCOc1cc(/C=C2/SC(=S)N(c3ccccc3)C2=O)c(Br)cc1OCc1cccc([N+](=O)[O-])c1. The van der Waals surface area contributed by atoms with E-state index in [-0.39, 0.29) is 18.2 Å². The molecule has 0 atom stereocenters.